The van der Waals surface area contributed by atoms with Crippen molar-refractivity contribution in [3.8, 4) is 50.2 Å². The fourth-order valence-electron chi connectivity index (χ4n) is 11.2. The van der Waals surface area contributed by atoms with Crippen LogP contribution in [0, 0.1) is 0 Å². The lowest BCUT2D eigenvalue weighted by molar-refractivity contribution is 0.670. The summed E-state index contributed by atoms with van der Waals surface area (Å²) in [7, 11) is 0. The van der Waals surface area contributed by atoms with Crippen molar-refractivity contribution in [1.29, 1.82) is 0 Å². The van der Waals surface area contributed by atoms with Gasteiger partial charge in [0.1, 0.15) is 11.2 Å². The molecule has 0 radical (unpaired) electrons. The molecule has 0 unspecified atom stereocenters. The van der Waals surface area contributed by atoms with Crippen LogP contribution in [0.4, 0.5) is 0 Å². The number of furan rings is 1. The molecule has 0 fully saturated rings. The molecule has 2 heteroatoms. The summed E-state index contributed by atoms with van der Waals surface area (Å²) in [6, 6.07) is 86.3. The number of para-hydroxylation sites is 2. The van der Waals surface area contributed by atoms with Gasteiger partial charge in [-0.25, -0.2) is 0 Å². The molecule has 0 amide bonds. The molecule has 0 aliphatic carbocycles. The summed E-state index contributed by atoms with van der Waals surface area (Å²) in [6.45, 7) is 0. The normalized spacial score (nSPS) is 11.9. The van der Waals surface area contributed by atoms with Crippen LogP contribution in [-0.4, -0.2) is 4.57 Å². The third-order valence-corrected chi connectivity index (χ3v) is 14.0. The minimum Gasteiger partial charge on any atom is -0.455 e. The van der Waals surface area contributed by atoms with Crippen molar-refractivity contribution in [3.63, 3.8) is 0 Å². The van der Waals surface area contributed by atoms with E-state index >= 15 is 0 Å². The molecule has 2 nitrogen and oxygen atoms in total. The SMILES string of the molecule is c1ccc(-c2ccc3c(c2)c2ccccc2n3-c2c3ccccc3c(-c3ccc4c(c3)oc3c(-c5c6ccccc6c(-c6ccccc6)c6ccccc56)cccc34)c3ccccc23)cc1. The molecule has 14 aromatic rings. The number of benzene rings is 12. The van der Waals surface area contributed by atoms with Crippen molar-refractivity contribution in [2.45, 2.75) is 0 Å². The van der Waals surface area contributed by atoms with Gasteiger partial charge in [-0.3, -0.25) is 0 Å². The van der Waals surface area contributed by atoms with Crippen molar-refractivity contribution in [1.82, 2.24) is 4.57 Å². The van der Waals surface area contributed by atoms with Gasteiger partial charge in [0.05, 0.1) is 16.7 Å². The van der Waals surface area contributed by atoms with Gasteiger partial charge in [-0.1, -0.05) is 206 Å². The lowest BCUT2D eigenvalue weighted by atomic mass is 9.85. The van der Waals surface area contributed by atoms with Crippen molar-refractivity contribution in [3.05, 3.63) is 237 Å². The topological polar surface area (TPSA) is 18.1 Å². The first kappa shape index (κ1) is 36.7. The zero-order valence-electron chi connectivity index (χ0n) is 35.9. The van der Waals surface area contributed by atoms with E-state index in [0.717, 1.165) is 33.1 Å². The van der Waals surface area contributed by atoms with Gasteiger partial charge in [-0.15, -0.1) is 0 Å². The number of aromatic nitrogens is 1. The van der Waals surface area contributed by atoms with Gasteiger partial charge in [-0.05, 0) is 96.0 Å². The molecule has 0 aliphatic rings. The van der Waals surface area contributed by atoms with Crippen LogP contribution in [0.3, 0.4) is 0 Å². The second-order valence-corrected chi connectivity index (χ2v) is 17.5. The number of nitrogens with zero attached hydrogens (tertiary/aromatic N) is 1. The maximum atomic E-state index is 7.15. The molecule has 0 spiro atoms. The second kappa shape index (κ2) is 14.4. The Kier molecular flexibility index (Phi) is 8.02. The Bertz CT molecular complexity index is 4160. The summed E-state index contributed by atoms with van der Waals surface area (Å²) in [4.78, 5) is 0. The fraction of sp³-hybridized carbons (Fsp3) is 0. The highest BCUT2D eigenvalue weighted by atomic mass is 16.3. The van der Waals surface area contributed by atoms with Crippen molar-refractivity contribution in [2.24, 2.45) is 0 Å². The van der Waals surface area contributed by atoms with Crippen LogP contribution >= 0.6 is 0 Å². The van der Waals surface area contributed by atoms with Gasteiger partial charge in [0.2, 0.25) is 0 Å². The van der Waals surface area contributed by atoms with Crippen LogP contribution in [0.2, 0.25) is 0 Å². The van der Waals surface area contributed by atoms with E-state index < -0.39 is 0 Å². The van der Waals surface area contributed by atoms with Gasteiger partial charge in [0.25, 0.3) is 0 Å². The van der Waals surface area contributed by atoms with E-state index in [2.05, 4.69) is 241 Å². The van der Waals surface area contributed by atoms with E-state index in [-0.39, 0.29) is 0 Å². The Morgan fingerprint density at radius 3 is 1.36 bits per heavy atom. The maximum absolute atomic E-state index is 7.15. The molecule has 12 aromatic carbocycles. The number of hydrogen-bond acceptors (Lipinski definition) is 1. The number of rotatable bonds is 5. The van der Waals surface area contributed by atoms with E-state index in [4.69, 9.17) is 4.42 Å². The summed E-state index contributed by atoms with van der Waals surface area (Å²) < 4.78 is 9.65. The minimum absolute atomic E-state index is 0.873. The Morgan fingerprint density at radius 1 is 0.258 bits per heavy atom. The Hall–Kier alpha value is -8.72. The van der Waals surface area contributed by atoms with Crippen molar-refractivity contribution in [2.75, 3.05) is 0 Å². The van der Waals surface area contributed by atoms with Crippen LogP contribution in [0.5, 0.6) is 0 Å². The van der Waals surface area contributed by atoms with E-state index in [0.29, 0.717) is 0 Å². The van der Waals surface area contributed by atoms with Crippen molar-refractivity contribution < 1.29 is 4.42 Å². The molecule has 2 aromatic heterocycles. The first-order valence-electron chi connectivity index (χ1n) is 22.8. The predicted molar refractivity (Wildman–Crippen MR) is 280 cm³/mol. The molecule has 306 valence electrons. The van der Waals surface area contributed by atoms with Gasteiger partial charge >= 0.3 is 0 Å². The molecule has 0 atom stereocenters. The van der Waals surface area contributed by atoms with Crippen LogP contribution in [-0.2, 0) is 0 Å². The van der Waals surface area contributed by atoms with Gasteiger partial charge in [0.15, 0.2) is 0 Å². The monoisotopic (exact) mass is 837 g/mol. The van der Waals surface area contributed by atoms with Gasteiger partial charge < -0.3 is 8.98 Å². The van der Waals surface area contributed by atoms with Gasteiger partial charge in [-0.2, -0.15) is 0 Å². The lowest BCUT2D eigenvalue weighted by Crippen LogP contribution is -1.99. The molecular formula is C64H39NO. The summed E-state index contributed by atoms with van der Waals surface area (Å²) in [6.07, 6.45) is 0. The zero-order chi connectivity index (χ0) is 43.3. The van der Waals surface area contributed by atoms with E-state index in [1.165, 1.54) is 104 Å². The predicted octanol–water partition coefficient (Wildman–Crippen LogP) is 18.0. The van der Waals surface area contributed by atoms with E-state index in [9.17, 15) is 0 Å². The summed E-state index contributed by atoms with van der Waals surface area (Å²) in [5.41, 5.74) is 14.9. The maximum Gasteiger partial charge on any atom is 0.143 e. The van der Waals surface area contributed by atoms with Gasteiger partial charge in [0, 0.05) is 43.4 Å². The first-order chi connectivity index (χ1) is 32.8. The highest BCUT2D eigenvalue weighted by Gasteiger charge is 2.23. The number of hydrogen-bond donors (Lipinski definition) is 0. The summed E-state index contributed by atoms with van der Waals surface area (Å²) in [5, 5.41) is 14.4. The van der Waals surface area contributed by atoms with Crippen LogP contribution in [0.25, 0.3) is 137 Å². The Morgan fingerprint density at radius 2 is 0.727 bits per heavy atom. The molecule has 0 aliphatic heterocycles. The number of fused-ring (bicyclic) bond motifs is 10. The average Bonchev–Trinajstić information content (AvgIpc) is 3.93. The molecular weight excluding hydrogens is 799 g/mol. The molecule has 0 saturated carbocycles. The second-order valence-electron chi connectivity index (χ2n) is 17.5. The highest BCUT2D eigenvalue weighted by Crippen LogP contribution is 2.49. The highest BCUT2D eigenvalue weighted by molar-refractivity contribution is 6.25. The smallest absolute Gasteiger partial charge is 0.143 e. The molecule has 66 heavy (non-hydrogen) atoms. The van der Waals surface area contributed by atoms with E-state index in [1.54, 1.807) is 0 Å². The fourth-order valence-corrected chi connectivity index (χ4v) is 11.2. The third-order valence-electron chi connectivity index (χ3n) is 14.0. The quantitative estimate of drug-likeness (QED) is 0.158. The summed E-state index contributed by atoms with van der Waals surface area (Å²) >= 11 is 0. The standard InChI is InChI=1S/C64H39NO/c1-3-18-40(19-4-1)42-35-37-58-56(38-42)44-22-15-16-33-57(44)65(58)63-52-29-13-11-27-50(52)61(51-28-12-14-30-53(51)63)43-34-36-45-54-31-17-32-55(64(54)66-59(45)39-43)62-48-25-9-7-23-46(48)60(41-20-5-2-6-21-41)47-24-8-10-26-49(47)62/h1-39H. The van der Waals surface area contributed by atoms with Crippen LogP contribution in [0.15, 0.2) is 241 Å². The molecule has 14 rings (SSSR count). The summed E-state index contributed by atoms with van der Waals surface area (Å²) in [5.74, 6) is 0. The Balaban J connectivity index is 0.995. The van der Waals surface area contributed by atoms with Crippen LogP contribution in [0.1, 0.15) is 0 Å². The largest absolute Gasteiger partial charge is 0.455 e. The lowest BCUT2D eigenvalue weighted by Gasteiger charge is -2.19. The zero-order valence-corrected chi connectivity index (χ0v) is 35.9. The minimum atomic E-state index is 0.873. The van der Waals surface area contributed by atoms with Crippen molar-refractivity contribution >= 4 is 86.8 Å². The first-order valence-corrected chi connectivity index (χ1v) is 22.8. The van der Waals surface area contributed by atoms with E-state index in [1.807, 2.05) is 0 Å². The molecule has 2 heterocycles. The molecule has 0 saturated heterocycles. The molecule has 0 bridgehead atoms. The average molecular weight is 838 g/mol. The third kappa shape index (κ3) is 5.36. The molecule has 0 N–H and O–H groups in total. The Labute approximate surface area is 380 Å². The van der Waals surface area contributed by atoms with Crippen LogP contribution < -0.4 is 0 Å².